The number of carbonyl (C=O) groups is 5. The molecule has 0 aromatic rings. The van der Waals surface area contributed by atoms with Gasteiger partial charge in [-0.15, -0.1) is 0 Å². The third kappa shape index (κ3) is 8.20. The molecule has 0 radical (unpaired) electrons. The van der Waals surface area contributed by atoms with Gasteiger partial charge >= 0.3 is 24.4 Å². The Bertz CT molecular complexity index is 1880. The molecule has 3 aliphatic carbocycles. The number of hydrogen-bond donors (Lipinski definition) is 4. The van der Waals surface area contributed by atoms with Crippen LogP contribution in [0.15, 0.2) is 36.5 Å². The molecule has 5 rings (SSSR count). The molecule has 9 atom stereocenters. The number of carboxylic acid groups (broad SMARTS) is 1. The van der Waals surface area contributed by atoms with Gasteiger partial charge in [0.25, 0.3) is 5.91 Å². The number of carbonyl (C=O) groups excluding carboxylic acids is 4. The average molecular weight is 857 g/mol. The first kappa shape index (κ1) is 44.9. The minimum atomic E-state index is -5.30. The maximum atomic E-state index is 15.3. The average Bonchev–Trinajstić information content (AvgIpc) is 4.01. The third-order valence-electron chi connectivity index (χ3n) is 12.3. The molecule has 0 aromatic carbocycles. The third-order valence-corrected chi connectivity index (χ3v) is 14.5. The quantitative estimate of drug-likeness (QED) is 0.196. The van der Waals surface area contributed by atoms with Crippen LogP contribution in [0.3, 0.4) is 0 Å². The lowest BCUT2D eigenvalue weighted by atomic mass is 9.63. The van der Waals surface area contributed by atoms with Crippen molar-refractivity contribution in [2.24, 2.45) is 35.0 Å². The number of allylic oxidation sites excluding steroid dienone is 4. The number of aliphatic carboxylic acids is 1. The maximum Gasteiger partial charge on any atom is 0.427 e. The number of halogens is 7. The van der Waals surface area contributed by atoms with Crippen LogP contribution in [-0.2, 0) is 33.9 Å². The molecule has 2 saturated carbocycles. The predicted octanol–water partition coefficient (Wildman–Crippen LogP) is 4.85. The molecule has 21 heteroatoms. The Kier molecular flexibility index (Phi) is 12.0. The first-order valence-electron chi connectivity index (χ1n) is 18.8. The van der Waals surface area contributed by atoms with E-state index in [0.717, 1.165) is 18.2 Å². The molecule has 0 bridgehead atoms. The lowest BCUT2D eigenvalue weighted by Crippen LogP contribution is -2.60. The van der Waals surface area contributed by atoms with Crippen molar-refractivity contribution in [2.45, 2.75) is 113 Å². The number of nitrogens with zero attached hydrogens (tertiary/aromatic N) is 1. The zero-order valence-corrected chi connectivity index (χ0v) is 32.9. The van der Waals surface area contributed by atoms with Gasteiger partial charge in [-0.25, -0.2) is 17.6 Å². The van der Waals surface area contributed by atoms with Crippen LogP contribution in [0.2, 0.25) is 0 Å². The van der Waals surface area contributed by atoms with Gasteiger partial charge in [-0.2, -0.15) is 26.3 Å². The second kappa shape index (κ2) is 15.5. The van der Waals surface area contributed by atoms with Gasteiger partial charge in [-0.1, -0.05) is 50.3 Å². The second-order valence-corrected chi connectivity index (χ2v) is 18.9. The van der Waals surface area contributed by atoms with Gasteiger partial charge in [0.2, 0.25) is 27.4 Å². The van der Waals surface area contributed by atoms with E-state index in [1.165, 1.54) is 6.92 Å². The van der Waals surface area contributed by atoms with Crippen LogP contribution in [0, 0.1) is 35.0 Å². The highest BCUT2D eigenvalue weighted by atomic mass is 32.2. The first-order chi connectivity index (χ1) is 26.7. The largest absolute Gasteiger partial charge is 0.481 e. The van der Waals surface area contributed by atoms with E-state index in [4.69, 9.17) is 0 Å². The molecule has 2 heterocycles. The highest BCUT2D eigenvalue weighted by Crippen LogP contribution is 2.57. The summed E-state index contributed by atoms with van der Waals surface area (Å²) >= 11 is 0. The van der Waals surface area contributed by atoms with E-state index in [0.29, 0.717) is 37.7 Å². The molecule has 0 aromatic heterocycles. The molecular weight excluding hydrogens is 809 g/mol. The minimum absolute atomic E-state index is 0.0790. The summed E-state index contributed by atoms with van der Waals surface area (Å²) in [6, 6.07) is -3.71. The Labute approximate surface area is 330 Å². The topological polar surface area (TPSA) is 188 Å². The summed E-state index contributed by atoms with van der Waals surface area (Å²) in [5, 5.41) is 14.6. The SMILES string of the molecule is C[C@@H]1CC/C=C\[C@@H]2C[C@@]2(C(=O)NS(=O)(=O)C2(CF)CC2)NC(=O)[C@@H]2C[C@H](C3(C(F)(F)F)C=CC=CC3C(=O)O)CN2C(=O)[C@@H](NC(=O)OC(C)(C)C(F)(F)F)[C@H](C)C1. The summed E-state index contributed by atoms with van der Waals surface area (Å²) < 4.78 is 132. The fourth-order valence-corrected chi connectivity index (χ4v) is 9.75. The molecule has 4 N–H and O–H groups in total. The fourth-order valence-electron chi connectivity index (χ4n) is 8.33. The van der Waals surface area contributed by atoms with Crippen LogP contribution in [-0.4, -0.2) is 102 Å². The van der Waals surface area contributed by atoms with Crippen LogP contribution < -0.4 is 15.4 Å². The van der Waals surface area contributed by atoms with Crippen molar-refractivity contribution in [1.29, 1.82) is 0 Å². The van der Waals surface area contributed by atoms with Gasteiger partial charge in [-0.05, 0) is 76.5 Å². The van der Waals surface area contributed by atoms with Crippen LogP contribution in [0.5, 0.6) is 0 Å². The number of amides is 4. The Morgan fingerprint density at radius 1 is 1.03 bits per heavy atom. The molecule has 0 spiro atoms. The van der Waals surface area contributed by atoms with Crippen molar-refractivity contribution in [3.63, 3.8) is 0 Å². The standard InChI is InChI=1S/C37H47F7N4O9S/c1-20-9-5-6-10-22-17-35(22,30(53)47-58(55,56)33(19-38)13-14-33)46-27(49)25-16-23(34(37(42,43)44)12-8-7-11-24(34)29(51)52)18-48(25)28(50)26(21(2)15-20)45-31(54)57-32(3,4)36(39,40)41/h6-8,10-12,20-26H,5,9,13-19H2,1-4H3,(H,45,54)(H,46,49)(H,47,53)(H,51,52)/b10-6-/t20-,21-,22-,23+,24?,25+,26+,34?,35-/m1/s1. The van der Waals surface area contributed by atoms with Crippen LogP contribution in [0.25, 0.3) is 0 Å². The van der Waals surface area contributed by atoms with Gasteiger partial charge < -0.3 is 25.4 Å². The molecule has 13 nitrogen and oxygen atoms in total. The van der Waals surface area contributed by atoms with E-state index in [1.54, 1.807) is 19.1 Å². The van der Waals surface area contributed by atoms with Crippen molar-refractivity contribution in [3.05, 3.63) is 36.5 Å². The number of alkyl carbamates (subject to hydrolysis) is 1. The summed E-state index contributed by atoms with van der Waals surface area (Å²) in [5.74, 6) is -11.7. The monoisotopic (exact) mass is 856 g/mol. The lowest BCUT2D eigenvalue weighted by molar-refractivity contribution is -0.244. The number of rotatable bonds is 8. The van der Waals surface area contributed by atoms with Gasteiger partial charge in [0.05, 0.1) is 5.92 Å². The van der Waals surface area contributed by atoms with E-state index in [9.17, 15) is 55.1 Å². The Hall–Kier alpha value is -4.17. The van der Waals surface area contributed by atoms with Crippen LogP contribution in [0.1, 0.15) is 72.6 Å². The number of carboxylic acids is 1. The van der Waals surface area contributed by atoms with Crippen molar-refractivity contribution in [1.82, 2.24) is 20.3 Å². The van der Waals surface area contributed by atoms with E-state index >= 15 is 13.2 Å². The molecular formula is C37H47F7N4O9S. The molecule has 2 unspecified atom stereocenters. The number of alkyl halides is 7. The van der Waals surface area contributed by atoms with E-state index in [2.05, 4.69) is 15.4 Å². The first-order valence-corrected chi connectivity index (χ1v) is 20.3. The van der Waals surface area contributed by atoms with Gasteiger partial charge in [0.1, 0.15) is 34.5 Å². The zero-order chi connectivity index (χ0) is 43.4. The van der Waals surface area contributed by atoms with Gasteiger partial charge in [0.15, 0.2) is 0 Å². The zero-order valence-electron chi connectivity index (χ0n) is 32.1. The number of sulfonamides is 1. The summed E-state index contributed by atoms with van der Waals surface area (Å²) in [6.07, 6.45) is -5.60. The summed E-state index contributed by atoms with van der Waals surface area (Å²) in [6.45, 7) is 2.11. The molecule has 5 aliphatic rings. The smallest absolute Gasteiger partial charge is 0.427 e. The number of ether oxygens (including phenoxy) is 1. The van der Waals surface area contributed by atoms with Crippen LogP contribution in [0.4, 0.5) is 35.5 Å². The minimum Gasteiger partial charge on any atom is -0.481 e. The number of nitrogens with one attached hydrogen (secondary N) is 3. The molecule has 2 aliphatic heterocycles. The Morgan fingerprint density at radius 3 is 2.26 bits per heavy atom. The highest BCUT2D eigenvalue weighted by Gasteiger charge is 2.68. The van der Waals surface area contributed by atoms with E-state index in [1.807, 2.05) is 4.72 Å². The normalized spacial score (nSPS) is 34.7. The van der Waals surface area contributed by atoms with Crippen molar-refractivity contribution in [2.75, 3.05) is 13.2 Å². The molecule has 58 heavy (non-hydrogen) atoms. The molecule has 4 amide bonds. The predicted molar refractivity (Wildman–Crippen MR) is 190 cm³/mol. The van der Waals surface area contributed by atoms with Gasteiger partial charge in [0, 0.05) is 12.5 Å². The Balaban J connectivity index is 1.59. The Morgan fingerprint density at radius 2 is 1.69 bits per heavy atom. The number of hydrogen-bond acceptors (Lipinski definition) is 8. The second-order valence-electron chi connectivity index (χ2n) is 16.8. The molecule has 3 fully saturated rings. The summed E-state index contributed by atoms with van der Waals surface area (Å²) in [4.78, 5) is 69.1. The van der Waals surface area contributed by atoms with Crippen molar-refractivity contribution < 1.29 is 73.0 Å². The number of fused-ring (bicyclic) bond motifs is 2. The van der Waals surface area contributed by atoms with Crippen molar-refractivity contribution in [3.8, 4) is 0 Å². The highest BCUT2D eigenvalue weighted by molar-refractivity contribution is 7.91. The van der Waals surface area contributed by atoms with E-state index < -0.39 is 129 Å². The summed E-state index contributed by atoms with van der Waals surface area (Å²) in [5.41, 5.74) is -8.29. The van der Waals surface area contributed by atoms with Crippen molar-refractivity contribution >= 4 is 39.8 Å². The molecule has 1 saturated heterocycles. The summed E-state index contributed by atoms with van der Waals surface area (Å²) in [7, 11) is -4.62. The maximum absolute atomic E-state index is 15.3. The fraction of sp³-hybridized carbons (Fsp3) is 0.703. The van der Waals surface area contributed by atoms with Crippen LogP contribution >= 0.6 is 0 Å². The van der Waals surface area contributed by atoms with E-state index in [-0.39, 0.29) is 31.6 Å². The van der Waals surface area contributed by atoms with Gasteiger partial charge in [-0.3, -0.25) is 23.9 Å². The molecule has 324 valence electrons. The lowest BCUT2D eigenvalue weighted by Gasteiger charge is -2.42.